The molecule has 2 unspecified atom stereocenters. The summed E-state index contributed by atoms with van der Waals surface area (Å²) in [5, 5.41) is 0. The van der Waals surface area contributed by atoms with Crippen LogP contribution in [0.1, 0.15) is 45.6 Å². The Balaban J connectivity index is 2.38. The van der Waals surface area contributed by atoms with Crippen molar-refractivity contribution in [3.05, 3.63) is 45.5 Å². The summed E-state index contributed by atoms with van der Waals surface area (Å²) in [7, 11) is 0. The second-order valence-corrected chi connectivity index (χ2v) is 4.69. The van der Waals surface area contributed by atoms with Gasteiger partial charge in [-0.1, -0.05) is 12.2 Å². The topological polar surface area (TPSA) is 9.23 Å². The van der Waals surface area contributed by atoms with E-state index in [1.54, 1.807) is 0 Å². The molecule has 1 nitrogen and oxygen atoms in total. The Morgan fingerprint density at radius 3 is 1.53 bits per heavy atom. The quantitative estimate of drug-likeness (QED) is 0.581. The maximum Gasteiger partial charge on any atom is 0.103 e. The zero-order valence-electron chi connectivity index (χ0n) is 9.72. The average Bonchev–Trinajstić information content (AvgIpc) is 2.82. The Morgan fingerprint density at radius 1 is 0.733 bits per heavy atom. The van der Waals surface area contributed by atoms with Gasteiger partial charge in [-0.15, -0.1) is 0 Å². The summed E-state index contributed by atoms with van der Waals surface area (Å²) in [5.41, 5.74) is 8.56. The van der Waals surface area contributed by atoms with Gasteiger partial charge in [0.1, 0.15) is 12.2 Å². The van der Waals surface area contributed by atoms with Crippen molar-refractivity contribution in [1.29, 1.82) is 0 Å². The van der Waals surface area contributed by atoms with E-state index in [-0.39, 0.29) is 12.2 Å². The fourth-order valence-corrected chi connectivity index (χ4v) is 2.88. The predicted molar refractivity (Wildman–Crippen MR) is 61.1 cm³/mol. The maximum atomic E-state index is 5.90. The van der Waals surface area contributed by atoms with Gasteiger partial charge in [0.2, 0.25) is 0 Å². The lowest BCUT2D eigenvalue weighted by Gasteiger charge is -2.19. The van der Waals surface area contributed by atoms with Gasteiger partial charge in [0, 0.05) is 0 Å². The van der Waals surface area contributed by atoms with Gasteiger partial charge >= 0.3 is 0 Å². The third-order valence-corrected chi connectivity index (χ3v) is 4.11. The maximum absolute atomic E-state index is 5.90. The van der Waals surface area contributed by atoms with Crippen molar-refractivity contribution < 1.29 is 4.74 Å². The Hall–Kier alpha value is -1.08. The van der Waals surface area contributed by atoms with E-state index in [1.807, 2.05) is 0 Å². The molecule has 78 valence electrons. The van der Waals surface area contributed by atoms with Gasteiger partial charge in [-0.25, -0.2) is 0 Å². The van der Waals surface area contributed by atoms with Crippen molar-refractivity contribution in [2.24, 2.45) is 0 Å². The highest BCUT2D eigenvalue weighted by molar-refractivity contribution is 5.57. The van der Waals surface area contributed by atoms with Crippen LogP contribution >= 0.6 is 0 Å². The first-order chi connectivity index (χ1) is 7.11. The summed E-state index contributed by atoms with van der Waals surface area (Å²) in [6.07, 6.45) is 4.83. The Kier molecular flexibility index (Phi) is 1.67. The zero-order chi connectivity index (χ0) is 10.7. The van der Waals surface area contributed by atoms with E-state index < -0.39 is 0 Å². The molecule has 0 radical (unpaired) electrons. The fraction of sp³-hybridized carbons (Fsp3) is 0.429. The number of benzene rings is 1. The minimum absolute atomic E-state index is 0.225. The molecule has 0 spiro atoms. The van der Waals surface area contributed by atoms with Crippen LogP contribution in [-0.2, 0) is 4.74 Å². The molecule has 0 saturated carbocycles. The van der Waals surface area contributed by atoms with Crippen molar-refractivity contribution in [2.75, 3.05) is 0 Å². The van der Waals surface area contributed by atoms with E-state index in [1.165, 1.54) is 33.4 Å². The summed E-state index contributed by atoms with van der Waals surface area (Å²) < 4.78 is 5.90. The highest BCUT2D eigenvalue weighted by atomic mass is 16.5. The smallest absolute Gasteiger partial charge is 0.103 e. The van der Waals surface area contributed by atoms with Crippen molar-refractivity contribution in [2.45, 2.75) is 39.9 Å². The summed E-state index contributed by atoms with van der Waals surface area (Å²) in [6.45, 7) is 8.87. The molecular formula is C14H16O. The van der Waals surface area contributed by atoms with Gasteiger partial charge in [0.25, 0.3) is 0 Å². The van der Waals surface area contributed by atoms with Crippen LogP contribution in [0.5, 0.6) is 0 Å². The molecular weight excluding hydrogens is 184 g/mol. The zero-order valence-corrected chi connectivity index (χ0v) is 9.72. The molecule has 1 aromatic carbocycles. The first kappa shape index (κ1) is 9.17. The highest BCUT2D eigenvalue weighted by Gasteiger charge is 2.37. The minimum atomic E-state index is 0.225. The molecule has 1 heteroatoms. The van der Waals surface area contributed by atoms with Crippen molar-refractivity contribution >= 4 is 0 Å². The number of hydrogen-bond donors (Lipinski definition) is 0. The van der Waals surface area contributed by atoms with E-state index in [4.69, 9.17) is 4.74 Å². The Labute approximate surface area is 90.8 Å². The molecule has 2 atom stereocenters. The molecule has 2 aliphatic rings. The lowest BCUT2D eigenvalue weighted by atomic mass is 9.84. The molecule has 0 amide bonds. The third kappa shape index (κ3) is 0.967. The van der Waals surface area contributed by atoms with Crippen LogP contribution in [0.4, 0.5) is 0 Å². The summed E-state index contributed by atoms with van der Waals surface area (Å²) in [4.78, 5) is 0. The van der Waals surface area contributed by atoms with Crippen LogP contribution in [0.15, 0.2) is 12.2 Å². The molecule has 0 saturated heterocycles. The number of rotatable bonds is 0. The van der Waals surface area contributed by atoms with Crippen LogP contribution in [-0.4, -0.2) is 0 Å². The monoisotopic (exact) mass is 200 g/mol. The normalized spacial score (nSPS) is 26.1. The number of hydrogen-bond acceptors (Lipinski definition) is 1. The van der Waals surface area contributed by atoms with Gasteiger partial charge in [0.05, 0.1) is 0 Å². The molecule has 1 aromatic rings. The summed E-state index contributed by atoms with van der Waals surface area (Å²) in [5.74, 6) is 0. The highest BCUT2D eigenvalue weighted by Crippen LogP contribution is 2.49. The van der Waals surface area contributed by atoms with E-state index in [9.17, 15) is 0 Å². The van der Waals surface area contributed by atoms with Crippen molar-refractivity contribution in [3.63, 3.8) is 0 Å². The molecule has 2 aliphatic heterocycles. The minimum Gasteiger partial charge on any atom is -0.357 e. The number of fused-ring (bicyclic) bond motifs is 5. The first-order valence-electron chi connectivity index (χ1n) is 5.55. The molecule has 0 N–H and O–H groups in total. The molecule has 2 bridgehead atoms. The first-order valence-corrected chi connectivity index (χ1v) is 5.55. The molecule has 3 rings (SSSR count). The lowest BCUT2D eigenvalue weighted by Crippen LogP contribution is -2.04. The number of ether oxygens (including phenoxy) is 1. The second-order valence-electron chi connectivity index (χ2n) is 4.69. The second kappa shape index (κ2) is 2.73. The van der Waals surface area contributed by atoms with E-state index in [0.29, 0.717) is 0 Å². The van der Waals surface area contributed by atoms with Crippen LogP contribution in [0.2, 0.25) is 0 Å². The Bertz CT molecular complexity index is 440. The third-order valence-electron chi connectivity index (χ3n) is 4.11. The van der Waals surface area contributed by atoms with Crippen LogP contribution in [0.25, 0.3) is 0 Å². The fourth-order valence-electron chi connectivity index (χ4n) is 2.88. The van der Waals surface area contributed by atoms with E-state index >= 15 is 0 Å². The molecule has 2 heterocycles. The molecule has 15 heavy (non-hydrogen) atoms. The Morgan fingerprint density at radius 2 is 1.13 bits per heavy atom. The van der Waals surface area contributed by atoms with Crippen molar-refractivity contribution in [1.82, 2.24) is 0 Å². The molecule has 0 fully saturated rings. The van der Waals surface area contributed by atoms with Gasteiger partial charge in [0.15, 0.2) is 0 Å². The lowest BCUT2D eigenvalue weighted by molar-refractivity contribution is 0.0874. The van der Waals surface area contributed by atoms with Crippen LogP contribution in [0, 0.1) is 27.7 Å². The van der Waals surface area contributed by atoms with Gasteiger partial charge in [-0.05, 0) is 61.1 Å². The molecule has 0 aromatic heterocycles. The van der Waals surface area contributed by atoms with Gasteiger partial charge in [-0.3, -0.25) is 0 Å². The van der Waals surface area contributed by atoms with Gasteiger partial charge < -0.3 is 4.74 Å². The summed E-state index contributed by atoms with van der Waals surface area (Å²) >= 11 is 0. The molecule has 0 aliphatic carbocycles. The SMILES string of the molecule is Cc1c(C)c(C)c2c(c1C)C1C=CC2O1. The van der Waals surface area contributed by atoms with Crippen LogP contribution in [0.3, 0.4) is 0 Å². The average molecular weight is 200 g/mol. The van der Waals surface area contributed by atoms with E-state index in [2.05, 4.69) is 39.8 Å². The largest absolute Gasteiger partial charge is 0.357 e. The van der Waals surface area contributed by atoms with Crippen molar-refractivity contribution in [3.8, 4) is 0 Å². The standard InChI is InChI=1S/C14H16O/c1-7-8(2)10(4)14-12-6-5-11(15-12)13(14)9(7)3/h5-6,11-12H,1-4H3. The predicted octanol–water partition coefficient (Wildman–Crippen LogP) is 3.60. The van der Waals surface area contributed by atoms with Crippen LogP contribution < -0.4 is 0 Å². The summed E-state index contributed by atoms with van der Waals surface area (Å²) in [6, 6.07) is 0. The van der Waals surface area contributed by atoms with Gasteiger partial charge in [-0.2, -0.15) is 0 Å². The van der Waals surface area contributed by atoms with E-state index in [0.717, 1.165) is 0 Å².